The van der Waals surface area contributed by atoms with Gasteiger partial charge in [0.05, 0.1) is 37.0 Å². The lowest BCUT2D eigenvalue weighted by atomic mass is 9.95. The summed E-state index contributed by atoms with van der Waals surface area (Å²) < 4.78 is 8.66. The van der Waals surface area contributed by atoms with E-state index in [1.54, 1.807) is 48.9 Å². The molecule has 1 aliphatic rings. The van der Waals surface area contributed by atoms with Crippen molar-refractivity contribution >= 4 is 67.5 Å². The number of carbonyl (C=O) groups is 1. The molecule has 7 nitrogen and oxygen atoms in total. The van der Waals surface area contributed by atoms with Gasteiger partial charge in [0.15, 0.2) is 4.80 Å². The maximum atomic E-state index is 13.9. The summed E-state index contributed by atoms with van der Waals surface area (Å²) in [6.07, 6.45) is 1.77. The molecule has 0 saturated carbocycles. The fourth-order valence-electron chi connectivity index (χ4n) is 4.28. The first kappa shape index (κ1) is 26.4. The van der Waals surface area contributed by atoms with Crippen LogP contribution in [0.15, 0.2) is 92.3 Å². The molecule has 192 valence electrons. The summed E-state index contributed by atoms with van der Waals surface area (Å²) in [6, 6.07) is 19.4. The average molecular weight is 702 g/mol. The average Bonchev–Trinajstić information content (AvgIpc) is 3.20. The van der Waals surface area contributed by atoms with E-state index >= 15 is 0 Å². The summed E-state index contributed by atoms with van der Waals surface area (Å²) in [5, 5.41) is 13.1. The van der Waals surface area contributed by atoms with E-state index < -0.39 is 6.04 Å². The molecule has 1 atom stereocenters. The number of nitrogens with one attached hydrogen (secondary N) is 1. The number of fused-ring (bicyclic) bond motifs is 1. The maximum absolute atomic E-state index is 13.9. The molecule has 1 aromatic heterocycles. The number of phenolic OH excluding ortho intramolecular Hbond substituents is 1. The van der Waals surface area contributed by atoms with Gasteiger partial charge in [-0.3, -0.25) is 14.2 Å². The monoisotopic (exact) mass is 701 g/mol. The highest BCUT2D eigenvalue weighted by Gasteiger charge is 2.32. The number of hydrogen-bond donors (Lipinski definition) is 2. The number of halogens is 2. The highest BCUT2D eigenvalue weighted by Crippen LogP contribution is 2.33. The Hall–Kier alpha value is -3.22. The number of hydrogen-bond acceptors (Lipinski definition) is 6. The molecule has 0 unspecified atom stereocenters. The number of rotatable bonds is 5. The van der Waals surface area contributed by atoms with Gasteiger partial charge in [-0.15, -0.1) is 0 Å². The molecule has 38 heavy (non-hydrogen) atoms. The van der Waals surface area contributed by atoms with Crippen LogP contribution in [0.4, 0.5) is 5.69 Å². The van der Waals surface area contributed by atoms with Crippen LogP contribution in [0, 0.1) is 3.57 Å². The van der Waals surface area contributed by atoms with Gasteiger partial charge in [0.25, 0.3) is 11.5 Å². The van der Waals surface area contributed by atoms with Gasteiger partial charge in [-0.2, -0.15) is 0 Å². The Morgan fingerprint density at radius 1 is 1.18 bits per heavy atom. The van der Waals surface area contributed by atoms with Gasteiger partial charge in [0, 0.05) is 5.69 Å². The second-order valence-corrected chi connectivity index (χ2v) is 11.5. The highest BCUT2D eigenvalue weighted by molar-refractivity contribution is 14.1. The fourth-order valence-corrected chi connectivity index (χ4v) is 6.82. The van der Waals surface area contributed by atoms with E-state index in [1.807, 2.05) is 65.1 Å². The van der Waals surface area contributed by atoms with E-state index in [0.717, 1.165) is 11.1 Å². The first-order valence-corrected chi connectivity index (χ1v) is 14.2. The highest BCUT2D eigenvalue weighted by atomic mass is 127. The predicted octanol–water partition coefficient (Wildman–Crippen LogP) is 4.96. The van der Waals surface area contributed by atoms with Crippen LogP contribution in [0.1, 0.15) is 24.1 Å². The van der Waals surface area contributed by atoms with Crippen molar-refractivity contribution < 1.29 is 14.6 Å². The molecule has 0 saturated heterocycles. The maximum Gasteiger partial charge on any atom is 0.271 e. The second kappa shape index (κ2) is 10.9. The van der Waals surface area contributed by atoms with Gasteiger partial charge < -0.3 is 15.2 Å². The summed E-state index contributed by atoms with van der Waals surface area (Å²) >= 11 is 6.66. The Morgan fingerprint density at radius 3 is 2.66 bits per heavy atom. The van der Waals surface area contributed by atoms with Crippen molar-refractivity contribution in [2.24, 2.45) is 4.99 Å². The van der Waals surface area contributed by atoms with Crippen molar-refractivity contribution in [1.82, 2.24) is 4.57 Å². The molecule has 5 rings (SSSR count). The van der Waals surface area contributed by atoms with E-state index in [4.69, 9.17) is 4.74 Å². The molecular weight excluding hydrogens is 681 g/mol. The first-order valence-electron chi connectivity index (χ1n) is 11.5. The number of methoxy groups -OCH3 is 1. The molecule has 3 aromatic carbocycles. The molecule has 4 aromatic rings. The quantitative estimate of drug-likeness (QED) is 0.288. The number of anilines is 1. The van der Waals surface area contributed by atoms with Crippen molar-refractivity contribution in [1.29, 1.82) is 0 Å². The lowest BCUT2D eigenvalue weighted by Gasteiger charge is -2.25. The number of aromatic hydroxyl groups is 1. The molecule has 1 aliphatic heterocycles. The zero-order valence-electron chi connectivity index (χ0n) is 20.2. The lowest BCUT2D eigenvalue weighted by Crippen LogP contribution is -2.40. The van der Waals surface area contributed by atoms with Gasteiger partial charge in [-0.05, 0) is 99.0 Å². The largest absolute Gasteiger partial charge is 0.506 e. The third-order valence-electron chi connectivity index (χ3n) is 6.04. The number of nitrogens with zero attached hydrogens (tertiary/aromatic N) is 2. The molecule has 2 heterocycles. The van der Waals surface area contributed by atoms with Crippen LogP contribution in [-0.2, 0) is 4.79 Å². The minimum Gasteiger partial charge on any atom is -0.506 e. The molecule has 0 bridgehead atoms. The number of ether oxygens (including phenoxy) is 1. The second-order valence-electron chi connectivity index (χ2n) is 8.51. The van der Waals surface area contributed by atoms with Gasteiger partial charge in [-0.1, -0.05) is 41.7 Å². The smallest absolute Gasteiger partial charge is 0.271 e. The molecule has 0 aliphatic carbocycles. The number of aromatic nitrogens is 1. The lowest BCUT2D eigenvalue weighted by molar-refractivity contribution is -0.113. The molecule has 10 heteroatoms. The van der Waals surface area contributed by atoms with E-state index in [2.05, 4.69) is 26.2 Å². The third-order valence-corrected chi connectivity index (χ3v) is 8.45. The van der Waals surface area contributed by atoms with Crippen LogP contribution in [0.2, 0.25) is 0 Å². The molecule has 0 fully saturated rings. The normalized spacial score (nSPS) is 15.2. The molecule has 0 radical (unpaired) electrons. The Balaban J connectivity index is 1.70. The van der Waals surface area contributed by atoms with E-state index in [-0.39, 0.29) is 17.2 Å². The predicted molar refractivity (Wildman–Crippen MR) is 160 cm³/mol. The van der Waals surface area contributed by atoms with Gasteiger partial charge in [0.2, 0.25) is 0 Å². The summed E-state index contributed by atoms with van der Waals surface area (Å²) in [7, 11) is 1.58. The third kappa shape index (κ3) is 5.07. The van der Waals surface area contributed by atoms with Crippen LogP contribution in [-0.4, -0.2) is 22.7 Å². The van der Waals surface area contributed by atoms with Gasteiger partial charge >= 0.3 is 0 Å². The van der Waals surface area contributed by atoms with Gasteiger partial charge in [0.1, 0.15) is 11.5 Å². The number of thiazole rings is 1. The number of phenols is 1. The molecule has 0 spiro atoms. The van der Waals surface area contributed by atoms with Gasteiger partial charge in [-0.25, -0.2) is 4.99 Å². The van der Waals surface area contributed by atoms with Crippen LogP contribution in [0.25, 0.3) is 6.08 Å². The summed E-state index contributed by atoms with van der Waals surface area (Å²) in [5.41, 5.74) is 2.76. The Morgan fingerprint density at radius 2 is 1.95 bits per heavy atom. The van der Waals surface area contributed by atoms with Crippen LogP contribution in [0.3, 0.4) is 0 Å². The summed E-state index contributed by atoms with van der Waals surface area (Å²) in [5.74, 6) is 0.425. The summed E-state index contributed by atoms with van der Waals surface area (Å²) in [6.45, 7) is 1.78. The van der Waals surface area contributed by atoms with E-state index in [9.17, 15) is 14.7 Å². The summed E-state index contributed by atoms with van der Waals surface area (Å²) in [4.78, 5) is 32.7. The molecular formula is C28H21BrIN3O4S. The molecule has 2 N–H and O–H groups in total. The standard InChI is InChI=1S/C28H21BrIN3O4S/c1-15-23(26(35)32-18-8-4-3-5-9-18)24(17-7-6-10-19(14-17)37-2)33-27(36)22(38-28(33)31-15)13-16-11-20(29)25(34)21(30)12-16/h3-14,24,34H,1-2H3,(H,32,35)/b22-13-/t24-/m0/s1. The van der Waals surface area contributed by atoms with E-state index in [0.29, 0.717) is 40.1 Å². The zero-order valence-corrected chi connectivity index (χ0v) is 24.8. The van der Waals surface area contributed by atoms with Crippen molar-refractivity contribution in [2.75, 3.05) is 12.4 Å². The number of allylic oxidation sites excluding steroid dienone is 1. The number of benzene rings is 3. The van der Waals surface area contributed by atoms with Crippen LogP contribution < -0.4 is 24.9 Å². The van der Waals surface area contributed by atoms with Crippen molar-refractivity contribution in [3.63, 3.8) is 0 Å². The van der Waals surface area contributed by atoms with E-state index in [1.165, 1.54) is 11.3 Å². The van der Waals surface area contributed by atoms with Crippen LogP contribution in [0.5, 0.6) is 11.5 Å². The first-order chi connectivity index (χ1) is 18.3. The van der Waals surface area contributed by atoms with Crippen molar-refractivity contribution in [3.05, 3.63) is 117 Å². The fraction of sp³-hybridized carbons (Fsp3) is 0.107. The minimum atomic E-state index is -0.709. The minimum absolute atomic E-state index is 0.145. The molecule has 1 amide bonds. The number of amides is 1. The Labute approximate surface area is 244 Å². The number of carbonyl (C=O) groups excluding carboxylic acids is 1. The topological polar surface area (TPSA) is 92.9 Å². The Kier molecular flexibility index (Phi) is 7.55. The van der Waals surface area contributed by atoms with Crippen molar-refractivity contribution in [3.8, 4) is 11.5 Å². The SMILES string of the molecule is COc1cccc([C@H]2C(C(=O)Nc3ccccc3)=C(C)N=c3s/c(=C\c4cc(Br)c(O)c(I)c4)c(=O)n32)c1. The Bertz CT molecular complexity index is 1760. The number of para-hydroxylation sites is 1. The van der Waals surface area contributed by atoms with Crippen molar-refractivity contribution in [2.45, 2.75) is 13.0 Å². The zero-order chi connectivity index (χ0) is 27.0. The van der Waals surface area contributed by atoms with Crippen LogP contribution >= 0.6 is 49.9 Å².